The van der Waals surface area contributed by atoms with Crippen LogP contribution in [0, 0.1) is 6.92 Å². The van der Waals surface area contributed by atoms with Crippen molar-refractivity contribution in [1.29, 1.82) is 0 Å². The maximum atomic E-state index is 11.7. The molecule has 150 valence electrons. The highest BCUT2D eigenvalue weighted by Crippen LogP contribution is 2.31. The van der Waals surface area contributed by atoms with E-state index >= 15 is 0 Å². The van der Waals surface area contributed by atoms with Crippen molar-refractivity contribution in [2.75, 3.05) is 19.8 Å². The van der Waals surface area contributed by atoms with Gasteiger partial charge in [0.2, 0.25) is 0 Å². The molecule has 0 saturated heterocycles. The van der Waals surface area contributed by atoms with Crippen molar-refractivity contribution in [2.45, 2.75) is 40.0 Å². The van der Waals surface area contributed by atoms with Crippen LogP contribution in [0.25, 0.3) is 11.1 Å². The Kier molecular flexibility index (Phi) is 8.27. The highest BCUT2D eigenvalue weighted by Gasteiger charge is 2.12. The van der Waals surface area contributed by atoms with E-state index < -0.39 is 0 Å². The molecule has 0 aliphatic heterocycles. The van der Waals surface area contributed by atoms with Crippen LogP contribution in [0.1, 0.15) is 37.0 Å². The summed E-state index contributed by atoms with van der Waals surface area (Å²) in [5, 5.41) is 9.00. The number of hydrogen-bond donors (Lipinski definition) is 1. The summed E-state index contributed by atoms with van der Waals surface area (Å²) in [6, 6.07) is 12.5. The first kappa shape index (κ1) is 21.7. The molecule has 0 heterocycles. The van der Waals surface area contributed by atoms with Gasteiger partial charge in [-0.1, -0.05) is 44.2 Å². The van der Waals surface area contributed by atoms with E-state index in [4.69, 9.17) is 14.6 Å². The average molecular weight is 383 g/mol. The highest BCUT2D eigenvalue weighted by molar-refractivity contribution is 5.86. The minimum absolute atomic E-state index is 0.0364. The molecule has 0 radical (unpaired) electrons. The van der Waals surface area contributed by atoms with Crippen LogP contribution >= 0.6 is 0 Å². The number of aliphatic hydroxyl groups is 1. The molecule has 1 N–H and O–H groups in total. The van der Waals surface area contributed by atoms with Gasteiger partial charge in [0.1, 0.15) is 12.4 Å². The van der Waals surface area contributed by atoms with Gasteiger partial charge in [0, 0.05) is 12.0 Å². The second-order valence-corrected chi connectivity index (χ2v) is 6.96. The third-order valence-corrected chi connectivity index (χ3v) is 4.51. The normalized spacial score (nSPS) is 10.6. The molecule has 2 rings (SSSR count). The van der Waals surface area contributed by atoms with Crippen molar-refractivity contribution in [2.24, 2.45) is 0 Å². The predicted octanol–water partition coefficient (Wildman–Crippen LogP) is 4.65. The number of ether oxygens (including phenoxy) is 2. The van der Waals surface area contributed by atoms with Gasteiger partial charge >= 0.3 is 5.97 Å². The zero-order valence-corrected chi connectivity index (χ0v) is 17.1. The number of hydrogen-bond acceptors (Lipinski definition) is 4. The van der Waals surface area contributed by atoms with Gasteiger partial charge in [-0.15, -0.1) is 0 Å². The smallest absolute Gasteiger partial charge is 0.333 e. The molecule has 0 aliphatic rings. The van der Waals surface area contributed by atoms with Gasteiger partial charge in [0.05, 0.1) is 13.2 Å². The molecule has 0 saturated carbocycles. The van der Waals surface area contributed by atoms with Gasteiger partial charge in [0.15, 0.2) is 0 Å². The molecule has 28 heavy (non-hydrogen) atoms. The van der Waals surface area contributed by atoms with Crippen molar-refractivity contribution in [1.82, 2.24) is 0 Å². The first-order valence-corrected chi connectivity index (χ1v) is 9.75. The van der Waals surface area contributed by atoms with Crippen LogP contribution < -0.4 is 4.74 Å². The summed E-state index contributed by atoms with van der Waals surface area (Å²) >= 11 is 0. The van der Waals surface area contributed by atoms with Crippen molar-refractivity contribution < 1.29 is 19.4 Å². The van der Waals surface area contributed by atoms with Crippen LogP contribution in [0.4, 0.5) is 0 Å². The third-order valence-electron chi connectivity index (χ3n) is 4.51. The summed E-state index contributed by atoms with van der Waals surface area (Å²) < 4.78 is 10.8. The predicted molar refractivity (Wildman–Crippen MR) is 113 cm³/mol. The minimum atomic E-state index is -0.380. The van der Waals surface area contributed by atoms with Gasteiger partial charge in [0.25, 0.3) is 0 Å². The maximum Gasteiger partial charge on any atom is 0.333 e. The van der Waals surface area contributed by atoms with Crippen LogP contribution in [0.15, 0.2) is 48.6 Å². The van der Waals surface area contributed by atoms with E-state index in [1.165, 1.54) is 11.1 Å². The Balaban J connectivity index is 2.31. The Labute approximate surface area is 167 Å². The summed E-state index contributed by atoms with van der Waals surface area (Å²) in [5.74, 6) is 0.314. The van der Waals surface area contributed by atoms with Crippen molar-refractivity contribution >= 4 is 5.97 Å². The standard InChI is InChI=1S/C24H30O4/c1-5-6-19-7-9-22(18(4)15-19)23-10-8-21(27-14-12-25)16-20(23)11-13-28-24(26)17(2)3/h7-10,15-16,25H,2,5-6,11-14H2,1,3-4H3. The summed E-state index contributed by atoms with van der Waals surface area (Å²) in [7, 11) is 0. The van der Waals surface area contributed by atoms with Gasteiger partial charge in [-0.3, -0.25) is 0 Å². The van der Waals surface area contributed by atoms with Crippen molar-refractivity contribution in [3.05, 3.63) is 65.2 Å². The van der Waals surface area contributed by atoms with Crippen molar-refractivity contribution in [3.8, 4) is 16.9 Å². The van der Waals surface area contributed by atoms with E-state index in [0.717, 1.165) is 29.5 Å². The molecule has 0 unspecified atom stereocenters. The number of esters is 1. The summed E-state index contributed by atoms with van der Waals surface area (Å²) in [6.45, 7) is 10.0. The van der Waals surface area contributed by atoms with Crippen LogP contribution in [0.3, 0.4) is 0 Å². The monoisotopic (exact) mass is 382 g/mol. The average Bonchev–Trinajstić information content (AvgIpc) is 2.67. The molecule has 0 amide bonds. The third kappa shape index (κ3) is 5.96. The first-order chi connectivity index (χ1) is 13.5. The zero-order chi connectivity index (χ0) is 20.5. The van der Waals surface area contributed by atoms with Gasteiger partial charge in [-0.2, -0.15) is 0 Å². The van der Waals surface area contributed by atoms with E-state index in [-0.39, 0.29) is 25.8 Å². The fraction of sp³-hybridized carbons (Fsp3) is 0.375. The second kappa shape index (κ2) is 10.7. The lowest BCUT2D eigenvalue weighted by Gasteiger charge is -2.15. The molecule has 0 bridgehead atoms. The highest BCUT2D eigenvalue weighted by atomic mass is 16.5. The molecule has 2 aromatic rings. The summed E-state index contributed by atoms with van der Waals surface area (Å²) in [6.07, 6.45) is 2.76. The zero-order valence-electron chi connectivity index (χ0n) is 17.1. The maximum absolute atomic E-state index is 11.7. The van der Waals surface area contributed by atoms with E-state index in [1.54, 1.807) is 6.92 Å². The van der Waals surface area contributed by atoms with Gasteiger partial charge < -0.3 is 14.6 Å². The Morgan fingerprint density at radius 2 is 1.82 bits per heavy atom. The SMILES string of the molecule is C=C(C)C(=O)OCCc1cc(OCCO)ccc1-c1ccc(CCC)cc1C. The lowest BCUT2D eigenvalue weighted by Crippen LogP contribution is -2.09. The summed E-state index contributed by atoms with van der Waals surface area (Å²) in [5.41, 5.74) is 6.25. The quantitative estimate of drug-likeness (QED) is 0.480. The molecule has 0 atom stereocenters. The summed E-state index contributed by atoms with van der Waals surface area (Å²) in [4.78, 5) is 11.7. The Morgan fingerprint density at radius 1 is 1.07 bits per heavy atom. The molecule has 4 heteroatoms. The second-order valence-electron chi connectivity index (χ2n) is 6.96. The topological polar surface area (TPSA) is 55.8 Å². The number of aliphatic hydroxyl groups excluding tert-OH is 1. The lowest BCUT2D eigenvalue weighted by atomic mass is 9.92. The molecule has 4 nitrogen and oxygen atoms in total. The largest absolute Gasteiger partial charge is 0.491 e. The minimum Gasteiger partial charge on any atom is -0.491 e. The number of carbonyl (C=O) groups is 1. The molecule has 0 aromatic heterocycles. The van der Waals surface area contributed by atoms with E-state index in [0.29, 0.717) is 17.7 Å². The lowest BCUT2D eigenvalue weighted by molar-refractivity contribution is -0.138. The number of carbonyl (C=O) groups excluding carboxylic acids is 1. The molecule has 0 aliphatic carbocycles. The number of rotatable bonds is 10. The van der Waals surface area contributed by atoms with Crippen molar-refractivity contribution in [3.63, 3.8) is 0 Å². The Morgan fingerprint density at radius 3 is 2.46 bits per heavy atom. The first-order valence-electron chi connectivity index (χ1n) is 9.75. The fourth-order valence-corrected chi connectivity index (χ4v) is 3.14. The number of benzene rings is 2. The molecule has 2 aromatic carbocycles. The van der Waals surface area contributed by atoms with E-state index in [1.807, 2.05) is 18.2 Å². The van der Waals surface area contributed by atoms with Gasteiger partial charge in [-0.05, 0) is 60.2 Å². The molecular weight excluding hydrogens is 352 g/mol. The fourth-order valence-electron chi connectivity index (χ4n) is 3.14. The number of aryl methyl sites for hydroxylation is 2. The van der Waals surface area contributed by atoms with Crippen LogP contribution in [0.2, 0.25) is 0 Å². The van der Waals surface area contributed by atoms with Gasteiger partial charge in [-0.25, -0.2) is 4.79 Å². The molecule has 0 fully saturated rings. The van der Waals surface area contributed by atoms with Crippen LogP contribution in [0.5, 0.6) is 5.75 Å². The van der Waals surface area contributed by atoms with Crippen LogP contribution in [-0.4, -0.2) is 30.9 Å². The Bertz CT molecular complexity index is 823. The Hall–Kier alpha value is -2.59. The van der Waals surface area contributed by atoms with E-state index in [9.17, 15) is 4.79 Å². The molecular formula is C24H30O4. The van der Waals surface area contributed by atoms with Crippen LogP contribution in [-0.2, 0) is 22.4 Å². The van der Waals surface area contributed by atoms with E-state index in [2.05, 4.69) is 38.6 Å². The molecule has 0 spiro atoms.